The van der Waals surface area contributed by atoms with E-state index in [0.717, 1.165) is 0 Å². The summed E-state index contributed by atoms with van der Waals surface area (Å²) in [4.78, 5) is 7.58. The van der Waals surface area contributed by atoms with E-state index in [1.807, 2.05) is 0 Å². The van der Waals surface area contributed by atoms with E-state index in [1.165, 1.54) is 24.4 Å². The Hall–Kier alpha value is -2.16. The van der Waals surface area contributed by atoms with Gasteiger partial charge in [0.1, 0.15) is 29.2 Å². The van der Waals surface area contributed by atoms with Crippen molar-refractivity contribution in [1.29, 1.82) is 0 Å². The van der Waals surface area contributed by atoms with Crippen LogP contribution in [0.2, 0.25) is 5.02 Å². The van der Waals surface area contributed by atoms with E-state index in [9.17, 15) is 9.50 Å². The Kier molecular flexibility index (Phi) is 5.31. The van der Waals surface area contributed by atoms with Gasteiger partial charge in [-0.2, -0.15) is 4.98 Å². The van der Waals surface area contributed by atoms with Crippen LogP contribution < -0.4 is 15.8 Å². The summed E-state index contributed by atoms with van der Waals surface area (Å²) in [5.41, 5.74) is 5.45. The molecule has 0 aliphatic heterocycles. The molecule has 0 amide bonds. The van der Waals surface area contributed by atoms with E-state index in [4.69, 9.17) is 27.2 Å². The van der Waals surface area contributed by atoms with E-state index < -0.39 is 18.5 Å². The summed E-state index contributed by atoms with van der Waals surface area (Å²) in [5, 5.41) is 20.9. The molecule has 22 heavy (non-hydrogen) atoms. The summed E-state index contributed by atoms with van der Waals surface area (Å²) < 4.78 is 19.3. The van der Waals surface area contributed by atoms with Gasteiger partial charge in [0.25, 0.3) is 0 Å². The smallest absolute Gasteiger partial charge is 0.222 e. The average molecular weight is 329 g/mol. The normalized spacial score (nSPS) is 12.0. The van der Waals surface area contributed by atoms with Crippen LogP contribution in [0.25, 0.3) is 0 Å². The Morgan fingerprint density at radius 2 is 2.23 bits per heavy atom. The number of aromatic nitrogens is 2. The SMILES string of the molecule is Nc1ncc(Cl)c(Nc2c(F)cccc2OCC(O)CO)n1. The molecule has 0 saturated carbocycles. The first-order valence-corrected chi connectivity index (χ1v) is 6.64. The van der Waals surface area contributed by atoms with Crippen molar-refractivity contribution in [1.82, 2.24) is 9.97 Å². The lowest BCUT2D eigenvalue weighted by molar-refractivity contribution is 0.0537. The number of halogens is 2. The van der Waals surface area contributed by atoms with Crippen LogP contribution in [0.5, 0.6) is 5.75 Å². The third kappa shape index (κ3) is 3.94. The van der Waals surface area contributed by atoms with Gasteiger partial charge in [0.15, 0.2) is 11.6 Å². The number of hydrogen-bond acceptors (Lipinski definition) is 7. The first kappa shape index (κ1) is 16.2. The number of ether oxygens (including phenoxy) is 1. The number of nitrogens with zero attached hydrogens (tertiary/aromatic N) is 2. The van der Waals surface area contributed by atoms with Gasteiger partial charge in [-0.3, -0.25) is 0 Å². The number of nitrogens with one attached hydrogen (secondary N) is 1. The first-order chi connectivity index (χ1) is 10.5. The van der Waals surface area contributed by atoms with Crippen LogP contribution in [0.4, 0.5) is 21.8 Å². The topological polar surface area (TPSA) is 114 Å². The summed E-state index contributed by atoms with van der Waals surface area (Å²) >= 11 is 5.92. The molecule has 9 heteroatoms. The molecule has 7 nitrogen and oxygen atoms in total. The third-order valence-electron chi connectivity index (χ3n) is 2.62. The Morgan fingerprint density at radius 3 is 2.95 bits per heavy atom. The van der Waals surface area contributed by atoms with Gasteiger partial charge in [-0.25, -0.2) is 9.37 Å². The standard InChI is InChI=1S/C13H14ClFN4O3/c14-8-4-17-13(16)19-12(8)18-11-9(15)2-1-3-10(11)22-6-7(21)5-20/h1-4,7,20-21H,5-6H2,(H3,16,17,18,19). The summed E-state index contributed by atoms with van der Waals surface area (Å²) in [6.45, 7) is -0.666. The summed E-state index contributed by atoms with van der Waals surface area (Å²) in [6.07, 6.45) is 0.206. The molecule has 1 heterocycles. The molecule has 0 aliphatic rings. The average Bonchev–Trinajstić information content (AvgIpc) is 2.51. The van der Waals surface area contributed by atoms with E-state index >= 15 is 0 Å². The number of rotatable bonds is 6. The number of aliphatic hydroxyl groups is 2. The number of hydrogen-bond donors (Lipinski definition) is 4. The second kappa shape index (κ2) is 7.21. The fraction of sp³-hybridized carbons (Fsp3) is 0.231. The lowest BCUT2D eigenvalue weighted by Gasteiger charge is -2.15. The van der Waals surface area contributed by atoms with Crippen molar-refractivity contribution < 1.29 is 19.3 Å². The van der Waals surface area contributed by atoms with Gasteiger partial charge in [-0.15, -0.1) is 0 Å². The van der Waals surface area contributed by atoms with Gasteiger partial charge in [-0.05, 0) is 12.1 Å². The van der Waals surface area contributed by atoms with Crippen molar-refractivity contribution in [2.24, 2.45) is 0 Å². The molecule has 0 spiro atoms. The molecule has 5 N–H and O–H groups in total. The zero-order chi connectivity index (χ0) is 16.1. The largest absolute Gasteiger partial charge is 0.489 e. The van der Waals surface area contributed by atoms with E-state index in [-0.39, 0.29) is 34.8 Å². The van der Waals surface area contributed by atoms with Gasteiger partial charge < -0.3 is 26.0 Å². The Balaban J connectivity index is 2.27. The zero-order valence-electron chi connectivity index (χ0n) is 11.3. The van der Waals surface area contributed by atoms with Crippen molar-refractivity contribution in [2.75, 3.05) is 24.3 Å². The summed E-state index contributed by atoms with van der Waals surface area (Å²) in [6, 6.07) is 4.15. The molecule has 2 rings (SSSR count). The number of benzene rings is 1. The van der Waals surface area contributed by atoms with Gasteiger partial charge in [-0.1, -0.05) is 17.7 Å². The molecule has 0 aliphatic carbocycles. The predicted molar refractivity (Wildman–Crippen MR) is 79.7 cm³/mol. The maximum Gasteiger partial charge on any atom is 0.222 e. The monoisotopic (exact) mass is 328 g/mol. The lowest BCUT2D eigenvalue weighted by atomic mass is 10.2. The molecular weight excluding hydrogens is 315 g/mol. The van der Waals surface area contributed by atoms with Crippen molar-refractivity contribution in [3.8, 4) is 5.75 Å². The van der Waals surface area contributed by atoms with Crippen LogP contribution in [0, 0.1) is 5.82 Å². The van der Waals surface area contributed by atoms with Crippen LogP contribution in [0.1, 0.15) is 0 Å². The van der Waals surface area contributed by atoms with E-state index in [0.29, 0.717) is 0 Å². The molecule has 1 atom stereocenters. The lowest BCUT2D eigenvalue weighted by Crippen LogP contribution is -2.21. The maximum atomic E-state index is 14.0. The molecule has 1 aromatic heterocycles. The molecule has 0 bridgehead atoms. The van der Waals surface area contributed by atoms with Crippen molar-refractivity contribution in [3.05, 3.63) is 35.2 Å². The van der Waals surface area contributed by atoms with Crippen LogP contribution in [0.3, 0.4) is 0 Å². The summed E-state index contributed by atoms with van der Waals surface area (Å²) in [7, 11) is 0. The minimum absolute atomic E-state index is 0.0207. The predicted octanol–water partition coefficient (Wildman–Crippen LogP) is 1.33. The zero-order valence-corrected chi connectivity index (χ0v) is 12.1. The summed E-state index contributed by atoms with van der Waals surface area (Å²) in [5.74, 6) is -0.391. The molecule has 1 aromatic carbocycles. The highest BCUT2D eigenvalue weighted by atomic mass is 35.5. The van der Waals surface area contributed by atoms with Crippen LogP contribution >= 0.6 is 11.6 Å². The fourth-order valence-corrected chi connectivity index (χ4v) is 1.71. The Bertz CT molecular complexity index is 659. The number of aliphatic hydroxyl groups excluding tert-OH is 2. The molecule has 2 aromatic rings. The molecule has 118 valence electrons. The highest BCUT2D eigenvalue weighted by Gasteiger charge is 2.14. The molecule has 0 radical (unpaired) electrons. The van der Waals surface area contributed by atoms with Gasteiger partial charge in [0.2, 0.25) is 5.95 Å². The quantitative estimate of drug-likeness (QED) is 0.632. The van der Waals surface area contributed by atoms with Crippen molar-refractivity contribution in [2.45, 2.75) is 6.10 Å². The van der Waals surface area contributed by atoms with Crippen molar-refractivity contribution >= 4 is 29.1 Å². The number of nitrogen functional groups attached to an aromatic ring is 1. The second-order valence-corrected chi connectivity index (χ2v) is 4.72. The molecular formula is C13H14ClFN4O3. The minimum Gasteiger partial charge on any atom is -0.489 e. The first-order valence-electron chi connectivity index (χ1n) is 6.26. The maximum absolute atomic E-state index is 14.0. The highest BCUT2D eigenvalue weighted by Crippen LogP contribution is 2.32. The highest BCUT2D eigenvalue weighted by molar-refractivity contribution is 6.32. The molecule has 0 fully saturated rings. The van der Waals surface area contributed by atoms with E-state index in [2.05, 4.69) is 15.3 Å². The molecule has 0 saturated heterocycles. The fourth-order valence-electron chi connectivity index (χ4n) is 1.57. The van der Waals surface area contributed by atoms with Gasteiger partial charge >= 0.3 is 0 Å². The Morgan fingerprint density at radius 1 is 1.45 bits per heavy atom. The second-order valence-electron chi connectivity index (χ2n) is 4.31. The minimum atomic E-state index is -1.07. The third-order valence-corrected chi connectivity index (χ3v) is 2.90. The van der Waals surface area contributed by atoms with Crippen LogP contribution in [0.15, 0.2) is 24.4 Å². The Labute approximate surface area is 130 Å². The van der Waals surface area contributed by atoms with Gasteiger partial charge in [0, 0.05) is 0 Å². The van der Waals surface area contributed by atoms with E-state index in [1.54, 1.807) is 0 Å². The molecule has 1 unspecified atom stereocenters. The number of anilines is 3. The number of nitrogens with two attached hydrogens (primary N) is 1. The van der Waals surface area contributed by atoms with Crippen LogP contribution in [-0.2, 0) is 0 Å². The van der Waals surface area contributed by atoms with Crippen molar-refractivity contribution in [3.63, 3.8) is 0 Å². The van der Waals surface area contributed by atoms with Crippen LogP contribution in [-0.4, -0.2) is 39.5 Å². The van der Waals surface area contributed by atoms with Gasteiger partial charge in [0.05, 0.1) is 12.8 Å². The number of para-hydroxylation sites is 1.